The molecule has 0 fully saturated rings. The summed E-state index contributed by atoms with van der Waals surface area (Å²) in [5.74, 6) is 0.618. The van der Waals surface area contributed by atoms with Crippen LogP contribution in [0.1, 0.15) is 39.3 Å². The van der Waals surface area contributed by atoms with Gasteiger partial charge in [0.05, 0.1) is 24.9 Å². The first-order valence-electron chi connectivity index (χ1n) is 7.47. The highest BCUT2D eigenvalue weighted by Crippen LogP contribution is 1.98. The van der Waals surface area contributed by atoms with Gasteiger partial charge in [-0.15, -0.1) is 5.10 Å². The van der Waals surface area contributed by atoms with Crippen molar-refractivity contribution >= 4 is 0 Å². The van der Waals surface area contributed by atoms with Crippen LogP contribution in [0.25, 0.3) is 0 Å². The second-order valence-electron chi connectivity index (χ2n) is 5.54. The largest absolute Gasteiger partial charge is 0.389 e. The van der Waals surface area contributed by atoms with Gasteiger partial charge in [-0.3, -0.25) is 0 Å². The molecule has 1 rings (SSSR count). The van der Waals surface area contributed by atoms with Crippen molar-refractivity contribution in [2.45, 2.75) is 52.8 Å². The molecule has 20 heavy (non-hydrogen) atoms. The van der Waals surface area contributed by atoms with Crippen LogP contribution >= 0.6 is 0 Å². The van der Waals surface area contributed by atoms with Crippen molar-refractivity contribution in [1.29, 1.82) is 0 Å². The van der Waals surface area contributed by atoms with E-state index in [9.17, 15) is 5.11 Å². The van der Waals surface area contributed by atoms with Crippen LogP contribution in [0.15, 0.2) is 6.20 Å². The minimum Gasteiger partial charge on any atom is -0.389 e. The van der Waals surface area contributed by atoms with Gasteiger partial charge < -0.3 is 15.2 Å². The number of aromatic nitrogens is 3. The lowest BCUT2D eigenvalue weighted by Crippen LogP contribution is -2.22. The first kappa shape index (κ1) is 17.1. The van der Waals surface area contributed by atoms with Crippen LogP contribution in [0.3, 0.4) is 0 Å². The Bertz CT molecular complexity index is 355. The molecule has 1 heterocycles. The van der Waals surface area contributed by atoms with Crippen LogP contribution in [-0.4, -0.2) is 46.0 Å². The Labute approximate surface area is 121 Å². The number of rotatable bonds is 11. The topological polar surface area (TPSA) is 72.2 Å². The number of aliphatic hydroxyl groups excluding tert-OH is 1. The lowest BCUT2D eigenvalue weighted by atomic mass is 10.2. The Morgan fingerprint density at radius 1 is 1.45 bits per heavy atom. The summed E-state index contributed by atoms with van der Waals surface area (Å²) in [6.45, 7) is 9.59. The van der Waals surface area contributed by atoms with Gasteiger partial charge >= 0.3 is 0 Å². The van der Waals surface area contributed by atoms with Crippen molar-refractivity contribution in [3.05, 3.63) is 11.9 Å². The van der Waals surface area contributed by atoms with E-state index < -0.39 is 6.10 Å². The minimum atomic E-state index is -0.537. The highest BCUT2D eigenvalue weighted by molar-refractivity contribution is 4.91. The van der Waals surface area contributed by atoms with Crippen LogP contribution in [-0.2, 0) is 17.8 Å². The van der Waals surface area contributed by atoms with Crippen LogP contribution in [0.2, 0.25) is 0 Å². The molecule has 0 aromatic carbocycles. The lowest BCUT2D eigenvalue weighted by Gasteiger charge is -2.10. The van der Waals surface area contributed by atoms with Gasteiger partial charge in [0, 0.05) is 19.3 Å². The minimum absolute atomic E-state index is 0.348. The molecular formula is C14H28N4O2. The molecule has 0 aliphatic heterocycles. The molecule has 1 aromatic rings. The summed E-state index contributed by atoms with van der Waals surface area (Å²) < 4.78 is 7.05. The van der Waals surface area contributed by atoms with Gasteiger partial charge in [-0.2, -0.15) is 0 Å². The SMILES string of the molecule is CCCCOCC(O)Cn1cc(CNCC(C)C)nn1. The highest BCUT2D eigenvalue weighted by atomic mass is 16.5. The fourth-order valence-electron chi connectivity index (χ4n) is 1.73. The third-order valence-corrected chi connectivity index (χ3v) is 2.80. The molecule has 0 radical (unpaired) electrons. The molecule has 6 nitrogen and oxygen atoms in total. The predicted octanol–water partition coefficient (Wildman–Crippen LogP) is 1.20. The molecule has 0 amide bonds. The van der Waals surface area contributed by atoms with Crippen LogP contribution in [0.4, 0.5) is 0 Å². The molecule has 0 aliphatic rings. The molecule has 0 bridgehead atoms. The quantitative estimate of drug-likeness (QED) is 0.597. The maximum absolute atomic E-state index is 9.83. The molecule has 116 valence electrons. The molecule has 0 saturated heterocycles. The van der Waals surface area contributed by atoms with E-state index >= 15 is 0 Å². The smallest absolute Gasteiger partial charge is 0.0969 e. The van der Waals surface area contributed by atoms with Crippen molar-refractivity contribution in [1.82, 2.24) is 20.3 Å². The van der Waals surface area contributed by atoms with Crippen molar-refractivity contribution in [2.24, 2.45) is 5.92 Å². The fraction of sp³-hybridized carbons (Fsp3) is 0.857. The Kier molecular flexibility index (Phi) is 8.41. The maximum Gasteiger partial charge on any atom is 0.0969 e. The molecular weight excluding hydrogens is 256 g/mol. The predicted molar refractivity (Wildman–Crippen MR) is 78.3 cm³/mol. The summed E-state index contributed by atoms with van der Waals surface area (Å²) in [6.07, 6.45) is 3.46. The Balaban J connectivity index is 2.21. The third kappa shape index (κ3) is 7.57. The molecule has 1 atom stereocenters. The van der Waals surface area contributed by atoms with Crippen molar-refractivity contribution < 1.29 is 9.84 Å². The summed E-state index contributed by atoms with van der Waals surface area (Å²) >= 11 is 0. The van der Waals surface area contributed by atoms with Gasteiger partial charge in [-0.05, 0) is 18.9 Å². The van der Waals surface area contributed by atoms with Crippen molar-refractivity contribution in [2.75, 3.05) is 19.8 Å². The van der Waals surface area contributed by atoms with Gasteiger partial charge in [0.2, 0.25) is 0 Å². The van der Waals surface area contributed by atoms with Crippen molar-refractivity contribution in [3.63, 3.8) is 0 Å². The summed E-state index contributed by atoms with van der Waals surface area (Å²) in [5.41, 5.74) is 0.893. The van der Waals surface area contributed by atoms with E-state index in [4.69, 9.17) is 4.74 Å². The van der Waals surface area contributed by atoms with Gasteiger partial charge in [-0.1, -0.05) is 32.4 Å². The van der Waals surface area contributed by atoms with Gasteiger partial charge in [0.1, 0.15) is 0 Å². The van der Waals surface area contributed by atoms with Crippen LogP contribution in [0, 0.1) is 5.92 Å². The molecule has 0 spiro atoms. The molecule has 1 aromatic heterocycles. The molecule has 6 heteroatoms. The van der Waals surface area contributed by atoms with Gasteiger partial charge in [0.15, 0.2) is 0 Å². The molecule has 2 N–H and O–H groups in total. The van der Waals surface area contributed by atoms with E-state index in [2.05, 4.69) is 36.4 Å². The summed E-state index contributed by atoms with van der Waals surface area (Å²) in [6, 6.07) is 0. The number of hydrogen-bond donors (Lipinski definition) is 2. The number of hydrogen-bond acceptors (Lipinski definition) is 5. The van der Waals surface area contributed by atoms with E-state index in [1.807, 2.05) is 6.20 Å². The standard InChI is InChI=1S/C14H28N4O2/c1-4-5-6-20-11-14(19)10-18-9-13(16-17-18)8-15-7-12(2)3/h9,12,14-15,19H,4-8,10-11H2,1-3H3. The Morgan fingerprint density at radius 2 is 2.25 bits per heavy atom. The average molecular weight is 284 g/mol. The number of nitrogens with zero attached hydrogens (tertiary/aromatic N) is 3. The zero-order valence-electron chi connectivity index (χ0n) is 12.9. The lowest BCUT2D eigenvalue weighted by molar-refractivity contribution is 0.0251. The summed E-state index contributed by atoms with van der Waals surface area (Å²) in [5, 5.41) is 21.2. The van der Waals surface area contributed by atoms with Crippen molar-refractivity contribution in [3.8, 4) is 0 Å². The highest BCUT2D eigenvalue weighted by Gasteiger charge is 2.08. The van der Waals surface area contributed by atoms with E-state index in [0.29, 0.717) is 32.2 Å². The number of ether oxygens (including phenoxy) is 1. The molecule has 0 saturated carbocycles. The van der Waals surface area contributed by atoms with E-state index in [1.165, 1.54) is 0 Å². The van der Waals surface area contributed by atoms with E-state index in [1.54, 1.807) is 4.68 Å². The first-order valence-corrected chi connectivity index (χ1v) is 7.47. The Morgan fingerprint density at radius 3 is 2.95 bits per heavy atom. The number of unbranched alkanes of at least 4 members (excludes halogenated alkanes) is 1. The third-order valence-electron chi connectivity index (χ3n) is 2.80. The number of nitrogens with one attached hydrogen (secondary N) is 1. The zero-order valence-corrected chi connectivity index (χ0v) is 12.9. The molecule has 1 unspecified atom stereocenters. The van der Waals surface area contributed by atoms with Crippen LogP contribution < -0.4 is 5.32 Å². The van der Waals surface area contributed by atoms with Gasteiger partial charge in [-0.25, -0.2) is 4.68 Å². The van der Waals surface area contributed by atoms with Crippen LogP contribution in [0.5, 0.6) is 0 Å². The van der Waals surface area contributed by atoms with E-state index in [0.717, 1.165) is 25.1 Å². The fourth-order valence-corrected chi connectivity index (χ4v) is 1.73. The maximum atomic E-state index is 9.83. The normalized spacial score (nSPS) is 13.1. The Hall–Kier alpha value is -0.980. The first-order chi connectivity index (χ1) is 9.61. The van der Waals surface area contributed by atoms with E-state index in [-0.39, 0.29) is 0 Å². The second-order valence-corrected chi connectivity index (χ2v) is 5.54. The zero-order chi connectivity index (χ0) is 14.8. The summed E-state index contributed by atoms with van der Waals surface area (Å²) in [7, 11) is 0. The van der Waals surface area contributed by atoms with Gasteiger partial charge in [0.25, 0.3) is 0 Å². The number of aliphatic hydroxyl groups is 1. The monoisotopic (exact) mass is 284 g/mol. The average Bonchev–Trinajstić information content (AvgIpc) is 2.82. The summed E-state index contributed by atoms with van der Waals surface area (Å²) in [4.78, 5) is 0. The second kappa shape index (κ2) is 9.85. The molecule has 0 aliphatic carbocycles.